The van der Waals surface area contributed by atoms with Gasteiger partial charge in [-0.3, -0.25) is 14.5 Å². The number of ether oxygens (including phenoxy) is 1. The van der Waals surface area contributed by atoms with Gasteiger partial charge in [0, 0.05) is 31.9 Å². The van der Waals surface area contributed by atoms with Gasteiger partial charge in [0.1, 0.15) is 0 Å². The van der Waals surface area contributed by atoms with Crippen LogP contribution in [0.2, 0.25) is 0 Å². The minimum atomic E-state index is -0.627. The molecule has 0 aromatic heterocycles. The minimum Gasteiger partial charge on any atom is -0.371 e. The summed E-state index contributed by atoms with van der Waals surface area (Å²) in [6.07, 6.45) is 0.867. The highest BCUT2D eigenvalue weighted by molar-refractivity contribution is 6.39. The van der Waals surface area contributed by atoms with Gasteiger partial charge in [0.15, 0.2) is 0 Å². The summed E-state index contributed by atoms with van der Waals surface area (Å²) in [7, 11) is 0. The van der Waals surface area contributed by atoms with Crippen LogP contribution in [0.4, 0.5) is 5.69 Å². The van der Waals surface area contributed by atoms with Crippen molar-refractivity contribution in [3.8, 4) is 0 Å². The van der Waals surface area contributed by atoms with Gasteiger partial charge < -0.3 is 15.4 Å². The van der Waals surface area contributed by atoms with Crippen molar-refractivity contribution in [3.05, 3.63) is 65.2 Å². The average molecular weight is 396 g/mol. The highest BCUT2D eigenvalue weighted by atomic mass is 16.5. The van der Waals surface area contributed by atoms with Crippen molar-refractivity contribution in [1.29, 1.82) is 0 Å². The molecule has 1 fully saturated rings. The average Bonchev–Trinajstić information content (AvgIpc) is 2.74. The molecule has 154 valence electrons. The number of hydrogen-bond acceptors (Lipinski definition) is 4. The lowest BCUT2D eigenvalue weighted by Gasteiger charge is -2.33. The smallest absolute Gasteiger partial charge is 0.313 e. The molecule has 0 aliphatic carbocycles. The predicted octanol–water partition coefficient (Wildman–Crippen LogP) is 2.82. The van der Waals surface area contributed by atoms with Crippen LogP contribution in [0.25, 0.3) is 0 Å². The number of nitrogens with zero attached hydrogens (tertiary/aromatic N) is 1. The molecule has 0 bridgehead atoms. The predicted molar refractivity (Wildman–Crippen MR) is 114 cm³/mol. The van der Waals surface area contributed by atoms with Crippen LogP contribution in [-0.4, -0.2) is 49.5 Å². The molecular formula is C23H29N3O3. The first kappa shape index (κ1) is 21.0. The number of carbonyl (C=O) groups excluding carboxylic acids is 2. The zero-order valence-corrected chi connectivity index (χ0v) is 17.1. The van der Waals surface area contributed by atoms with Gasteiger partial charge in [-0.2, -0.15) is 0 Å². The van der Waals surface area contributed by atoms with Crippen molar-refractivity contribution in [1.82, 2.24) is 10.2 Å². The van der Waals surface area contributed by atoms with Crippen molar-refractivity contribution in [3.63, 3.8) is 0 Å². The standard InChI is InChI=1S/C23H29N3O3/c1-17-8-6-9-18(2)21(17)25-23(28)22(27)24-12-7-13-26-14-15-29-20(16-26)19-10-4-3-5-11-19/h3-6,8-11,20H,7,12-16H2,1-2H3,(H,24,27)(H,25,28). The molecule has 1 unspecified atom stereocenters. The molecule has 1 heterocycles. The number of carbonyl (C=O) groups is 2. The van der Waals surface area contributed by atoms with Gasteiger partial charge in [0.2, 0.25) is 0 Å². The van der Waals surface area contributed by atoms with Gasteiger partial charge in [-0.05, 0) is 37.0 Å². The maximum absolute atomic E-state index is 12.2. The van der Waals surface area contributed by atoms with E-state index in [2.05, 4.69) is 27.7 Å². The highest BCUT2D eigenvalue weighted by Gasteiger charge is 2.21. The molecule has 0 radical (unpaired) electrons. The number of nitrogens with one attached hydrogen (secondary N) is 2. The van der Waals surface area contributed by atoms with Gasteiger partial charge in [0.25, 0.3) is 0 Å². The molecule has 29 heavy (non-hydrogen) atoms. The van der Waals surface area contributed by atoms with Crippen molar-refractivity contribution >= 4 is 17.5 Å². The highest BCUT2D eigenvalue weighted by Crippen LogP contribution is 2.22. The van der Waals surface area contributed by atoms with E-state index >= 15 is 0 Å². The van der Waals surface area contributed by atoms with Crippen LogP contribution in [-0.2, 0) is 14.3 Å². The summed E-state index contributed by atoms with van der Waals surface area (Å²) in [5.41, 5.74) is 3.76. The van der Waals surface area contributed by atoms with E-state index in [-0.39, 0.29) is 6.10 Å². The Hall–Kier alpha value is -2.70. The zero-order valence-electron chi connectivity index (χ0n) is 17.1. The molecule has 2 aromatic rings. The first-order valence-electron chi connectivity index (χ1n) is 10.1. The zero-order chi connectivity index (χ0) is 20.6. The van der Waals surface area contributed by atoms with Gasteiger partial charge in [-0.1, -0.05) is 48.5 Å². The lowest BCUT2D eigenvalue weighted by Crippen LogP contribution is -2.41. The van der Waals surface area contributed by atoms with Gasteiger partial charge in [-0.25, -0.2) is 0 Å². The Morgan fingerprint density at radius 2 is 1.76 bits per heavy atom. The maximum Gasteiger partial charge on any atom is 0.313 e. The lowest BCUT2D eigenvalue weighted by atomic mass is 10.1. The van der Waals surface area contributed by atoms with Gasteiger partial charge >= 0.3 is 11.8 Å². The van der Waals surface area contributed by atoms with E-state index in [1.165, 1.54) is 5.56 Å². The van der Waals surface area contributed by atoms with E-state index in [0.29, 0.717) is 18.8 Å². The van der Waals surface area contributed by atoms with Crippen molar-refractivity contribution < 1.29 is 14.3 Å². The number of para-hydroxylation sites is 1. The number of aryl methyl sites for hydroxylation is 2. The SMILES string of the molecule is Cc1cccc(C)c1NC(=O)C(=O)NCCCN1CCOC(c2ccccc2)C1. The Bertz CT molecular complexity index is 818. The molecule has 6 heteroatoms. The van der Waals surface area contributed by atoms with Gasteiger partial charge in [-0.15, -0.1) is 0 Å². The fourth-order valence-electron chi connectivity index (χ4n) is 3.54. The number of amides is 2. The monoisotopic (exact) mass is 395 g/mol. The molecule has 1 aliphatic heterocycles. The number of anilines is 1. The lowest BCUT2D eigenvalue weighted by molar-refractivity contribution is -0.136. The summed E-state index contributed by atoms with van der Waals surface area (Å²) in [5.74, 6) is -1.23. The third-order valence-electron chi connectivity index (χ3n) is 5.18. The van der Waals surface area contributed by atoms with Crippen molar-refractivity contribution in [2.45, 2.75) is 26.4 Å². The van der Waals surface area contributed by atoms with Crippen LogP contribution in [0.5, 0.6) is 0 Å². The molecule has 2 aromatic carbocycles. The van der Waals surface area contributed by atoms with Crippen LogP contribution < -0.4 is 10.6 Å². The molecule has 2 amide bonds. The van der Waals surface area contributed by atoms with Crippen LogP contribution >= 0.6 is 0 Å². The summed E-state index contributed by atoms with van der Waals surface area (Å²) >= 11 is 0. The number of rotatable bonds is 6. The molecular weight excluding hydrogens is 366 g/mol. The van der Waals surface area contributed by atoms with Crippen LogP contribution in [0.1, 0.15) is 29.2 Å². The van der Waals surface area contributed by atoms with E-state index in [1.807, 2.05) is 50.2 Å². The number of morpholine rings is 1. The molecule has 2 N–H and O–H groups in total. The Labute approximate surface area is 172 Å². The third-order valence-corrected chi connectivity index (χ3v) is 5.18. The van der Waals surface area contributed by atoms with Crippen LogP contribution in [0.3, 0.4) is 0 Å². The molecule has 0 spiro atoms. The minimum absolute atomic E-state index is 0.0858. The summed E-state index contributed by atoms with van der Waals surface area (Å²) in [5, 5.41) is 5.43. The Balaban J connectivity index is 1.39. The topological polar surface area (TPSA) is 70.7 Å². The first-order valence-corrected chi connectivity index (χ1v) is 10.1. The van der Waals surface area contributed by atoms with Gasteiger partial charge in [0.05, 0.1) is 12.7 Å². The molecule has 1 atom stereocenters. The second-order valence-corrected chi connectivity index (χ2v) is 7.40. The molecule has 1 aliphatic rings. The second-order valence-electron chi connectivity index (χ2n) is 7.40. The fraction of sp³-hybridized carbons (Fsp3) is 0.391. The number of benzene rings is 2. The Morgan fingerprint density at radius 3 is 2.48 bits per heavy atom. The molecule has 0 saturated carbocycles. The third kappa shape index (κ3) is 5.89. The maximum atomic E-state index is 12.2. The van der Waals surface area contributed by atoms with Crippen LogP contribution in [0, 0.1) is 13.8 Å². The van der Waals surface area contributed by atoms with E-state index in [0.717, 1.165) is 37.2 Å². The quantitative estimate of drug-likeness (QED) is 0.583. The summed E-state index contributed by atoms with van der Waals surface area (Å²) < 4.78 is 5.88. The number of hydrogen-bond donors (Lipinski definition) is 2. The van der Waals surface area contributed by atoms with E-state index < -0.39 is 11.8 Å². The van der Waals surface area contributed by atoms with E-state index in [9.17, 15) is 9.59 Å². The van der Waals surface area contributed by atoms with Crippen molar-refractivity contribution in [2.24, 2.45) is 0 Å². The van der Waals surface area contributed by atoms with Crippen LogP contribution in [0.15, 0.2) is 48.5 Å². The second kappa shape index (κ2) is 10.2. The Morgan fingerprint density at radius 1 is 1.03 bits per heavy atom. The molecule has 6 nitrogen and oxygen atoms in total. The van der Waals surface area contributed by atoms with E-state index in [1.54, 1.807) is 0 Å². The van der Waals surface area contributed by atoms with E-state index in [4.69, 9.17) is 4.74 Å². The molecule has 3 rings (SSSR count). The summed E-state index contributed by atoms with van der Waals surface area (Å²) in [6, 6.07) is 16.0. The normalized spacial score (nSPS) is 17.0. The fourth-order valence-corrected chi connectivity index (χ4v) is 3.54. The first-order chi connectivity index (χ1) is 14.0. The van der Waals surface area contributed by atoms with Crippen molar-refractivity contribution in [2.75, 3.05) is 38.1 Å². The summed E-state index contributed by atoms with van der Waals surface area (Å²) in [4.78, 5) is 26.6. The largest absolute Gasteiger partial charge is 0.371 e. The summed E-state index contributed by atoms with van der Waals surface area (Å²) in [6.45, 7) is 7.55. The Kier molecular flexibility index (Phi) is 7.38. The molecule has 1 saturated heterocycles.